The van der Waals surface area contributed by atoms with Crippen molar-refractivity contribution in [2.24, 2.45) is 0 Å². The number of nitro benzene ring substituents is 1. The molecular formula is C8H6N4O3. The second-order valence-electron chi connectivity index (χ2n) is 2.80. The van der Waals surface area contributed by atoms with Crippen molar-refractivity contribution in [2.75, 3.05) is 0 Å². The van der Waals surface area contributed by atoms with Crippen molar-refractivity contribution < 1.29 is 10.0 Å². The number of non-ortho nitro benzene ring substituents is 1. The molecule has 1 aromatic carbocycles. The summed E-state index contributed by atoms with van der Waals surface area (Å²) in [6, 6.07) is 3.81. The maximum absolute atomic E-state index is 10.4. The van der Waals surface area contributed by atoms with Crippen molar-refractivity contribution in [3.8, 4) is 11.4 Å². The van der Waals surface area contributed by atoms with Gasteiger partial charge in [0.05, 0.1) is 16.7 Å². The van der Waals surface area contributed by atoms with E-state index in [1.807, 2.05) is 0 Å². The third kappa shape index (κ3) is 1.62. The van der Waals surface area contributed by atoms with E-state index in [0.29, 0.717) is 5.69 Å². The van der Waals surface area contributed by atoms with Crippen LogP contribution in [0.3, 0.4) is 0 Å². The van der Waals surface area contributed by atoms with Gasteiger partial charge in [-0.2, -0.15) is 0 Å². The summed E-state index contributed by atoms with van der Waals surface area (Å²) in [5, 5.41) is 27.1. The van der Waals surface area contributed by atoms with Gasteiger partial charge in [0.2, 0.25) is 0 Å². The highest BCUT2D eigenvalue weighted by Gasteiger charge is 2.10. The molecule has 2 rings (SSSR count). The number of nitro groups is 1. The standard InChI is InChI=1S/C8H6N4O3/c13-8-3-6(12(14)15)1-2-7(8)11-4-9-10-5-11/h1-5,13H. The van der Waals surface area contributed by atoms with Gasteiger partial charge in [0.15, 0.2) is 0 Å². The Labute approximate surface area is 83.8 Å². The predicted molar refractivity (Wildman–Crippen MR) is 49.7 cm³/mol. The predicted octanol–water partition coefficient (Wildman–Crippen LogP) is 0.881. The Bertz CT molecular complexity index is 495. The molecule has 1 aromatic heterocycles. The first kappa shape index (κ1) is 9.13. The highest BCUT2D eigenvalue weighted by molar-refractivity contribution is 5.52. The molecule has 0 bridgehead atoms. The van der Waals surface area contributed by atoms with Crippen molar-refractivity contribution in [1.82, 2.24) is 14.8 Å². The fraction of sp³-hybridized carbons (Fsp3) is 0. The fourth-order valence-corrected chi connectivity index (χ4v) is 1.17. The lowest BCUT2D eigenvalue weighted by molar-refractivity contribution is -0.384. The number of hydrogen-bond donors (Lipinski definition) is 1. The molecule has 7 heteroatoms. The van der Waals surface area contributed by atoms with Crippen LogP contribution in [0.2, 0.25) is 0 Å². The first-order chi connectivity index (χ1) is 7.18. The smallest absolute Gasteiger partial charge is 0.273 e. The van der Waals surface area contributed by atoms with Crippen molar-refractivity contribution in [3.63, 3.8) is 0 Å². The van der Waals surface area contributed by atoms with E-state index in [-0.39, 0.29) is 11.4 Å². The molecular weight excluding hydrogens is 200 g/mol. The van der Waals surface area contributed by atoms with E-state index in [9.17, 15) is 15.2 Å². The minimum atomic E-state index is -0.574. The van der Waals surface area contributed by atoms with Gasteiger partial charge in [0.25, 0.3) is 5.69 Å². The zero-order valence-electron chi connectivity index (χ0n) is 7.44. The van der Waals surface area contributed by atoms with E-state index in [4.69, 9.17) is 0 Å². The van der Waals surface area contributed by atoms with Crippen LogP contribution in [0.25, 0.3) is 5.69 Å². The minimum Gasteiger partial charge on any atom is -0.505 e. The SMILES string of the molecule is O=[N+]([O-])c1ccc(-n2cnnc2)c(O)c1. The van der Waals surface area contributed by atoms with Crippen LogP contribution in [-0.4, -0.2) is 24.8 Å². The molecule has 0 saturated heterocycles. The van der Waals surface area contributed by atoms with Crippen molar-refractivity contribution in [3.05, 3.63) is 41.0 Å². The normalized spacial score (nSPS) is 10.1. The zero-order valence-corrected chi connectivity index (χ0v) is 7.44. The molecule has 7 nitrogen and oxygen atoms in total. The second-order valence-corrected chi connectivity index (χ2v) is 2.80. The molecule has 0 atom stereocenters. The lowest BCUT2D eigenvalue weighted by atomic mass is 10.2. The quantitative estimate of drug-likeness (QED) is 0.581. The highest BCUT2D eigenvalue weighted by Crippen LogP contribution is 2.25. The molecule has 0 aliphatic carbocycles. The lowest BCUT2D eigenvalue weighted by Crippen LogP contribution is -1.93. The molecule has 0 fully saturated rings. The maximum atomic E-state index is 10.4. The number of rotatable bonds is 2. The van der Waals surface area contributed by atoms with Gasteiger partial charge in [-0.25, -0.2) is 0 Å². The van der Waals surface area contributed by atoms with Crippen molar-refractivity contribution in [2.45, 2.75) is 0 Å². The summed E-state index contributed by atoms with van der Waals surface area (Å²) in [6.07, 6.45) is 2.78. The molecule has 76 valence electrons. The number of nitrogens with zero attached hydrogens (tertiary/aromatic N) is 4. The van der Waals surface area contributed by atoms with E-state index in [0.717, 1.165) is 6.07 Å². The summed E-state index contributed by atoms with van der Waals surface area (Å²) < 4.78 is 1.46. The van der Waals surface area contributed by atoms with Crippen LogP contribution in [0.1, 0.15) is 0 Å². The summed E-state index contributed by atoms with van der Waals surface area (Å²) in [6.45, 7) is 0. The molecule has 0 aliphatic heterocycles. The average Bonchev–Trinajstić information content (AvgIpc) is 2.70. The molecule has 0 amide bonds. The van der Waals surface area contributed by atoms with E-state index < -0.39 is 4.92 Å². The van der Waals surface area contributed by atoms with E-state index in [1.165, 1.54) is 29.4 Å². The van der Waals surface area contributed by atoms with Gasteiger partial charge in [-0.05, 0) is 6.07 Å². The summed E-state index contributed by atoms with van der Waals surface area (Å²) in [5.74, 6) is -0.191. The third-order valence-corrected chi connectivity index (χ3v) is 1.87. The number of aromatic hydroxyl groups is 1. The molecule has 1 heterocycles. The summed E-state index contributed by atoms with van der Waals surface area (Å²) >= 11 is 0. The monoisotopic (exact) mass is 206 g/mol. The number of phenolic OH excluding ortho intramolecular Hbond substituents is 1. The Hall–Kier alpha value is -2.44. The van der Waals surface area contributed by atoms with Gasteiger partial charge in [-0.15, -0.1) is 10.2 Å². The van der Waals surface area contributed by atoms with Gasteiger partial charge >= 0.3 is 0 Å². The molecule has 1 N–H and O–H groups in total. The Morgan fingerprint density at radius 1 is 1.33 bits per heavy atom. The third-order valence-electron chi connectivity index (χ3n) is 1.87. The number of aromatic nitrogens is 3. The van der Waals surface area contributed by atoms with Crippen LogP contribution in [0.15, 0.2) is 30.9 Å². The van der Waals surface area contributed by atoms with Crippen LogP contribution >= 0.6 is 0 Å². The highest BCUT2D eigenvalue weighted by atomic mass is 16.6. The van der Waals surface area contributed by atoms with Gasteiger partial charge in [-0.3, -0.25) is 14.7 Å². The number of benzene rings is 1. The summed E-state index contributed by atoms with van der Waals surface area (Å²) in [7, 11) is 0. The lowest BCUT2D eigenvalue weighted by Gasteiger charge is -2.03. The Morgan fingerprint density at radius 3 is 2.53 bits per heavy atom. The van der Waals surface area contributed by atoms with Gasteiger partial charge < -0.3 is 5.11 Å². The molecule has 0 saturated carbocycles. The van der Waals surface area contributed by atoms with Crippen LogP contribution in [0.5, 0.6) is 5.75 Å². The van der Waals surface area contributed by atoms with Crippen LogP contribution in [0, 0.1) is 10.1 Å². The van der Waals surface area contributed by atoms with E-state index >= 15 is 0 Å². The summed E-state index contributed by atoms with van der Waals surface area (Å²) in [5.41, 5.74) is 0.231. The second kappa shape index (κ2) is 3.37. The molecule has 0 spiro atoms. The van der Waals surface area contributed by atoms with Crippen LogP contribution < -0.4 is 0 Å². The first-order valence-electron chi connectivity index (χ1n) is 4.01. The fourth-order valence-electron chi connectivity index (χ4n) is 1.17. The summed E-state index contributed by atoms with van der Waals surface area (Å²) in [4.78, 5) is 9.84. The molecule has 0 aliphatic rings. The molecule has 15 heavy (non-hydrogen) atoms. The van der Waals surface area contributed by atoms with Crippen LogP contribution in [0.4, 0.5) is 5.69 Å². The zero-order chi connectivity index (χ0) is 10.8. The Kier molecular flexibility index (Phi) is 2.05. The van der Waals surface area contributed by atoms with Gasteiger partial charge in [-0.1, -0.05) is 0 Å². The van der Waals surface area contributed by atoms with Crippen LogP contribution in [-0.2, 0) is 0 Å². The number of hydrogen-bond acceptors (Lipinski definition) is 5. The van der Waals surface area contributed by atoms with E-state index in [1.54, 1.807) is 0 Å². The largest absolute Gasteiger partial charge is 0.505 e. The Morgan fingerprint density at radius 2 is 2.00 bits per heavy atom. The van der Waals surface area contributed by atoms with Crippen molar-refractivity contribution in [1.29, 1.82) is 0 Å². The van der Waals surface area contributed by atoms with E-state index in [2.05, 4.69) is 10.2 Å². The maximum Gasteiger partial charge on any atom is 0.273 e. The Balaban J connectivity index is 2.48. The number of phenols is 1. The molecule has 2 aromatic rings. The van der Waals surface area contributed by atoms with Gasteiger partial charge in [0.1, 0.15) is 18.4 Å². The van der Waals surface area contributed by atoms with Crippen molar-refractivity contribution >= 4 is 5.69 Å². The molecule has 0 unspecified atom stereocenters. The topological polar surface area (TPSA) is 94.1 Å². The minimum absolute atomic E-state index is 0.163. The van der Waals surface area contributed by atoms with Gasteiger partial charge in [0, 0.05) is 6.07 Å². The molecule has 0 radical (unpaired) electrons. The average molecular weight is 206 g/mol. The first-order valence-corrected chi connectivity index (χ1v) is 4.01.